The molecule has 1 unspecified atom stereocenters. The first-order valence-corrected chi connectivity index (χ1v) is 9.14. The maximum atomic E-state index is 13.1. The third kappa shape index (κ3) is 2.75. The molecule has 27 heavy (non-hydrogen) atoms. The van der Waals surface area contributed by atoms with Crippen molar-refractivity contribution >= 4 is 22.7 Å². The molecule has 4 aromatic rings. The highest BCUT2D eigenvalue weighted by Gasteiger charge is 2.30. The van der Waals surface area contributed by atoms with E-state index in [1.165, 1.54) is 0 Å². The molecule has 1 amide bonds. The zero-order valence-electron chi connectivity index (χ0n) is 15.0. The molecule has 4 heterocycles. The van der Waals surface area contributed by atoms with Gasteiger partial charge in [-0.15, -0.1) is 0 Å². The minimum atomic E-state index is -0.0397. The summed E-state index contributed by atoms with van der Waals surface area (Å²) in [5.74, 6) is 0.775. The second-order valence-electron chi connectivity index (χ2n) is 7.07. The number of para-hydroxylation sites is 2. The molecule has 0 radical (unpaired) electrons. The summed E-state index contributed by atoms with van der Waals surface area (Å²) in [4.78, 5) is 24.0. The minimum absolute atomic E-state index is 0.0397. The lowest BCUT2D eigenvalue weighted by Gasteiger charge is -2.31. The van der Waals surface area contributed by atoms with Gasteiger partial charge in [0, 0.05) is 25.5 Å². The van der Waals surface area contributed by atoms with Gasteiger partial charge in [0.25, 0.3) is 5.91 Å². The third-order valence-corrected chi connectivity index (χ3v) is 5.08. The van der Waals surface area contributed by atoms with E-state index in [2.05, 4.69) is 15.1 Å². The van der Waals surface area contributed by atoms with E-state index in [1.807, 2.05) is 42.3 Å². The predicted molar refractivity (Wildman–Crippen MR) is 99.6 cm³/mol. The van der Waals surface area contributed by atoms with Gasteiger partial charge in [0.15, 0.2) is 17.1 Å². The molecule has 0 spiro atoms. The number of benzene rings is 1. The van der Waals surface area contributed by atoms with Gasteiger partial charge in [0.1, 0.15) is 11.1 Å². The second-order valence-corrected chi connectivity index (χ2v) is 7.07. The number of likely N-dealkylation sites (tertiary alicyclic amines) is 1. The van der Waals surface area contributed by atoms with E-state index >= 15 is 0 Å². The highest BCUT2D eigenvalue weighted by Crippen LogP contribution is 2.29. The molecule has 3 aromatic heterocycles. The number of hydrogen-bond donors (Lipinski definition) is 0. The van der Waals surface area contributed by atoms with E-state index in [9.17, 15) is 4.79 Å². The number of carbonyl (C=O) groups excluding carboxylic acids is 1. The van der Waals surface area contributed by atoms with Gasteiger partial charge >= 0.3 is 0 Å². The Kier molecular flexibility index (Phi) is 3.67. The van der Waals surface area contributed by atoms with Crippen LogP contribution in [0.5, 0.6) is 0 Å². The lowest BCUT2D eigenvalue weighted by Crippen LogP contribution is -2.39. The molecule has 1 atom stereocenters. The van der Waals surface area contributed by atoms with Gasteiger partial charge in [0.2, 0.25) is 0 Å². The van der Waals surface area contributed by atoms with Gasteiger partial charge in [-0.25, -0.2) is 14.5 Å². The summed E-state index contributed by atoms with van der Waals surface area (Å²) in [5.41, 5.74) is 3.78. The first-order valence-electron chi connectivity index (χ1n) is 9.14. The molecular formula is C20H19N5O2. The average Bonchev–Trinajstić information content (AvgIpc) is 3.31. The fraction of sp³-hybridized carbons (Fsp3) is 0.300. The zero-order chi connectivity index (χ0) is 18.4. The van der Waals surface area contributed by atoms with Crippen molar-refractivity contribution in [2.45, 2.75) is 25.7 Å². The van der Waals surface area contributed by atoms with E-state index in [1.54, 1.807) is 16.9 Å². The summed E-state index contributed by atoms with van der Waals surface area (Å²) >= 11 is 0. The van der Waals surface area contributed by atoms with Crippen LogP contribution in [0.15, 0.2) is 47.3 Å². The van der Waals surface area contributed by atoms with Crippen LogP contribution >= 0.6 is 0 Å². The van der Waals surface area contributed by atoms with Gasteiger partial charge in [-0.05, 0) is 37.5 Å². The van der Waals surface area contributed by atoms with Crippen molar-refractivity contribution in [2.75, 3.05) is 13.1 Å². The van der Waals surface area contributed by atoms with Crippen molar-refractivity contribution in [2.24, 2.45) is 0 Å². The standard InChI is InChI=1S/C20H19N5O2/c1-13-9-21-18-15(10-22-25(18)11-13)20(26)24-8-4-5-14(12-24)19-23-16-6-2-3-7-17(16)27-19/h2-3,6-7,9-11,14H,4-5,8,12H2,1H3. The van der Waals surface area contributed by atoms with Crippen LogP contribution in [0.4, 0.5) is 0 Å². The molecular weight excluding hydrogens is 342 g/mol. The van der Waals surface area contributed by atoms with Crippen LogP contribution in [0, 0.1) is 6.92 Å². The Morgan fingerprint density at radius 1 is 1.26 bits per heavy atom. The van der Waals surface area contributed by atoms with Crippen molar-refractivity contribution in [3.63, 3.8) is 0 Å². The van der Waals surface area contributed by atoms with Crippen molar-refractivity contribution in [1.29, 1.82) is 0 Å². The minimum Gasteiger partial charge on any atom is -0.440 e. The van der Waals surface area contributed by atoms with E-state index in [0.29, 0.717) is 23.6 Å². The summed E-state index contributed by atoms with van der Waals surface area (Å²) in [6.45, 7) is 3.26. The van der Waals surface area contributed by atoms with Crippen LogP contribution < -0.4 is 0 Å². The zero-order valence-corrected chi connectivity index (χ0v) is 15.0. The number of hydrogen-bond acceptors (Lipinski definition) is 5. The maximum Gasteiger partial charge on any atom is 0.259 e. The Morgan fingerprint density at radius 3 is 3.04 bits per heavy atom. The second kappa shape index (κ2) is 6.19. The molecule has 1 saturated heterocycles. The molecule has 1 aromatic carbocycles. The average molecular weight is 361 g/mol. The first kappa shape index (κ1) is 16.0. The molecule has 1 aliphatic heterocycles. The molecule has 0 N–H and O–H groups in total. The number of aryl methyl sites for hydroxylation is 1. The summed E-state index contributed by atoms with van der Waals surface area (Å²) < 4.78 is 7.59. The number of carbonyl (C=O) groups is 1. The number of piperidine rings is 1. The van der Waals surface area contributed by atoms with Crippen LogP contribution in [-0.4, -0.2) is 43.5 Å². The molecule has 1 fully saturated rings. The monoisotopic (exact) mass is 361 g/mol. The number of nitrogens with zero attached hydrogens (tertiary/aromatic N) is 5. The fourth-order valence-electron chi connectivity index (χ4n) is 3.72. The van der Waals surface area contributed by atoms with Crippen LogP contribution in [0.25, 0.3) is 16.7 Å². The predicted octanol–water partition coefficient (Wildman–Crippen LogP) is 3.20. The molecule has 0 saturated carbocycles. The summed E-state index contributed by atoms with van der Waals surface area (Å²) in [5, 5.41) is 4.28. The molecule has 5 rings (SSSR count). The van der Waals surface area contributed by atoms with Crippen LogP contribution in [-0.2, 0) is 0 Å². The Balaban J connectivity index is 1.42. The largest absolute Gasteiger partial charge is 0.440 e. The van der Waals surface area contributed by atoms with Crippen LogP contribution in [0.3, 0.4) is 0 Å². The van der Waals surface area contributed by atoms with Crippen LogP contribution in [0.1, 0.15) is 40.6 Å². The maximum absolute atomic E-state index is 13.1. The third-order valence-electron chi connectivity index (χ3n) is 5.08. The van der Waals surface area contributed by atoms with Gasteiger partial charge in [-0.3, -0.25) is 4.79 Å². The Morgan fingerprint density at radius 2 is 2.15 bits per heavy atom. The summed E-state index contributed by atoms with van der Waals surface area (Å²) in [6.07, 6.45) is 7.11. The number of fused-ring (bicyclic) bond motifs is 2. The van der Waals surface area contributed by atoms with Crippen LogP contribution in [0.2, 0.25) is 0 Å². The Hall–Kier alpha value is -3.22. The highest BCUT2D eigenvalue weighted by molar-refractivity contribution is 5.99. The van der Waals surface area contributed by atoms with Crippen molar-refractivity contribution in [3.05, 3.63) is 59.9 Å². The topological polar surface area (TPSA) is 76.5 Å². The Labute approximate surface area is 155 Å². The normalized spacial score (nSPS) is 17.7. The number of amides is 1. The van der Waals surface area contributed by atoms with E-state index in [4.69, 9.17) is 4.42 Å². The van der Waals surface area contributed by atoms with Gasteiger partial charge in [0.05, 0.1) is 12.1 Å². The van der Waals surface area contributed by atoms with E-state index < -0.39 is 0 Å². The quantitative estimate of drug-likeness (QED) is 0.548. The molecule has 0 aliphatic carbocycles. The molecule has 136 valence electrons. The lowest BCUT2D eigenvalue weighted by molar-refractivity contribution is 0.0700. The van der Waals surface area contributed by atoms with E-state index in [0.717, 1.165) is 36.0 Å². The highest BCUT2D eigenvalue weighted by atomic mass is 16.3. The van der Waals surface area contributed by atoms with Crippen molar-refractivity contribution in [3.8, 4) is 0 Å². The van der Waals surface area contributed by atoms with Gasteiger partial charge in [-0.1, -0.05) is 12.1 Å². The SMILES string of the molecule is Cc1cnc2c(C(=O)N3CCCC(c4nc5ccccc5o4)C3)cnn2c1. The molecule has 1 aliphatic rings. The molecule has 7 nitrogen and oxygen atoms in total. The van der Waals surface area contributed by atoms with E-state index in [-0.39, 0.29) is 11.8 Å². The van der Waals surface area contributed by atoms with Crippen molar-refractivity contribution < 1.29 is 9.21 Å². The van der Waals surface area contributed by atoms with Crippen molar-refractivity contribution in [1.82, 2.24) is 24.5 Å². The number of oxazole rings is 1. The number of rotatable bonds is 2. The summed E-state index contributed by atoms with van der Waals surface area (Å²) in [7, 11) is 0. The summed E-state index contributed by atoms with van der Waals surface area (Å²) in [6, 6.07) is 7.75. The number of aromatic nitrogens is 4. The lowest BCUT2D eigenvalue weighted by atomic mass is 9.97. The molecule has 0 bridgehead atoms. The molecule has 7 heteroatoms. The smallest absolute Gasteiger partial charge is 0.259 e. The first-order chi connectivity index (χ1) is 13.2. The fourth-order valence-corrected chi connectivity index (χ4v) is 3.72. The van der Waals surface area contributed by atoms with Gasteiger partial charge < -0.3 is 9.32 Å². The Bertz CT molecular complexity index is 1110. The van der Waals surface area contributed by atoms with Gasteiger partial charge in [-0.2, -0.15) is 5.10 Å².